The topological polar surface area (TPSA) is 32.3 Å². The van der Waals surface area contributed by atoms with E-state index in [1.165, 1.54) is 0 Å². The smallest absolute Gasteiger partial charge is 0.238 e. The molecule has 1 aliphatic heterocycles. The minimum absolute atomic E-state index is 0.231. The van der Waals surface area contributed by atoms with E-state index in [2.05, 4.69) is 37.2 Å². The zero-order valence-corrected chi connectivity index (χ0v) is 10.9. The molecule has 0 bridgehead atoms. The molecule has 1 amide bonds. The van der Waals surface area contributed by atoms with Crippen LogP contribution in [0.15, 0.2) is 0 Å². The van der Waals surface area contributed by atoms with Gasteiger partial charge >= 0.3 is 0 Å². The fraction of sp³-hybridized carbons (Fsp3) is 0.909. The predicted molar refractivity (Wildman–Crippen MR) is 65.9 cm³/mol. The van der Waals surface area contributed by atoms with Crippen LogP contribution in [0.3, 0.4) is 0 Å². The normalized spacial score (nSPS) is 23.9. The third-order valence-electron chi connectivity index (χ3n) is 2.91. The molecule has 0 aromatic heterocycles. The zero-order chi connectivity index (χ0) is 11.4. The monoisotopic (exact) mass is 230 g/mol. The van der Waals surface area contributed by atoms with Crippen LogP contribution in [0.2, 0.25) is 0 Å². The van der Waals surface area contributed by atoms with E-state index >= 15 is 0 Å². The van der Waals surface area contributed by atoms with Crippen LogP contribution in [0.4, 0.5) is 0 Å². The number of carbonyl (C=O) groups is 1. The molecule has 4 heteroatoms. The van der Waals surface area contributed by atoms with E-state index in [1.54, 1.807) is 0 Å². The Kier molecular flexibility index (Phi) is 4.93. The lowest BCUT2D eigenvalue weighted by molar-refractivity contribution is -0.130. The maximum Gasteiger partial charge on any atom is 0.238 e. The summed E-state index contributed by atoms with van der Waals surface area (Å²) in [5.41, 5.74) is 0. The Bertz CT molecular complexity index is 221. The van der Waals surface area contributed by atoms with Gasteiger partial charge in [0.2, 0.25) is 5.91 Å². The Morgan fingerprint density at radius 3 is 2.73 bits per heavy atom. The molecule has 15 heavy (non-hydrogen) atoms. The highest BCUT2D eigenvalue weighted by Gasteiger charge is 2.36. The summed E-state index contributed by atoms with van der Waals surface area (Å²) in [6.45, 7) is 6.99. The van der Waals surface area contributed by atoms with Gasteiger partial charge in [-0.1, -0.05) is 20.8 Å². The van der Waals surface area contributed by atoms with Crippen LogP contribution >= 0.6 is 11.8 Å². The lowest BCUT2D eigenvalue weighted by atomic mass is 10.1. The Morgan fingerprint density at radius 2 is 2.27 bits per heavy atom. The quantitative estimate of drug-likeness (QED) is 0.777. The molecule has 2 unspecified atom stereocenters. The highest BCUT2D eigenvalue weighted by Crippen LogP contribution is 2.20. The lowest BCUT2D eigenvalue weighted by Crippen LogP contribution is -2.48. The van der Waals surface area contributed by atoms with Crippen molar-refractivity contribution >= 4 is 17.7 Å². The maximum absolute atomic E-state index is 11.8. The first-order valence-corrected chi connectivity index (χ1v) is 7.04. The van der Waals surface area contributed by atoms with Gasteiger partial charge in [-0.25, -0.2) is 0 Å². The van der Waals surface area contributed by atoms with Crippen molar-refractivity contribution in [3.63, 3.8) is 0 Å². The number of nitrogens with zero attached hydrogens (tertiary/aromatic N) is 1. The van der Waals surface area contributed by atoms with E-state index in [0.717, 1.165) is 12.2 Å². The van der Waals surface area contributed by atoms with Gasteiger partial charge in [0.15, 0.2) is 0 Å². The Hall–Kier alpha value is -0.220. The molecular weight excluding hydrogens is 208 g/mol. The van der Waals surface area contributed by atoms with Crippen molar-refractivity contribution in [3.8, 4) is 0 Å². The fourth-order valence-electron chi connectivity index (χ4n) is 2.11. The molecule has 0 spiro atoms. The summed E-state index contributed by atoms with van der Waals surface area (Å²) in [7, 11) is 0. The summed E-state index contributed by atoms with van der Waals surface area (Å²) in [6.07, 6.45) is 3.37. The van der Waals surface area contributed by atoms with Crippen molar-refractivity contribution in [3.05, 3.63) is 0 Å². The van der Waals surface area contributed by atoms with Gasteiger partial charge in [0.05, 0.1) is 12.7 Å². The molecule has 88 valence electrons. The van der Waals surface area contributed by atoms with Crippen molar-refractivity contribution in [1.29, 1.82) is 0 Å². The number of thioether (sulfide) groups is 1. The standard InChI is InChI=1S/C11H22N2OS/c1-5-9(7-15-4)13-10(14)6-12-11(13)8(2)3/h8-9,11-12H,5-7H2,1-4H3. The molecule has 0 aromatic rings. The average Bonchev–Trinajstić information content (AvgIpc) is 2.57. The van der Waals surface area contributed by atoms with E-state index in [1.807, 2.05) is 11.8 Å². The molecule has 0 saturated carbocycles. The minimum atomic E-state index is 0.231. The average molecular weight is 230 g/mol. The van der Waals surface area contributed by atoms with Crippen LogP contribution in [0.25, 0.3) is 0 Å². The molecular formula is C11H22N2OS. The molecule has 2 atom stereocenters. The molecule has 1 N–H and O–H groups in total. The van der Waals surface area contributed by atoms with Gasteiger partial charge in [-0.05, 0) is 18.6 Å². The third kappa shape index (κ3) is 2.88. The third-order valence-corrected chi connectivity index (χ3v) is 3.62. The zero-order valence-electron chi connectivity index (χ0n) is 10.1. The molecule has 3 nitrogen and oxygen atoms in total. The van der Waals surface area contributed by atoms with Gasteiger partial charge in [0.25, 0.3) is 0 Å². The van der Waals surface area contributed by atoms with E-state index in [0.29, 0.717) is 18.5 Å². The van der Waals surface area contributed by atoms with Gasteiger partial charge in [0, 0.05) is 11.8 Å². The van der Waals surface area contributed by atoms with E-state index < -0.39 is 0 Å². The van der Waals surface area contributed by atoms with Crippen LogP contribution in [0, 0.1) is 5.92 Å². The van der Waals surface area contributed by atoms with Gasteiger partial charge in [0.1, 0.15) is 0 Å². The maximum atomic E-state index is 11.8. The van der Waals surface area contributed by atoms with Crippen molar-refractivity contribution in [2.24, 2.45) is 5.92 Å². The van der Waals surface area contributed by atoms with Gasteiger partial charge in [-0.3, -0.25) is 10.1 Å². The van der Waals surface area contributed by atoms with E-state index in [4.69, 9.17) is 0 Å². The second-order valence-corrected chi connectivity index (χ2v) is 5.30. The number of amides is 1. The first-order chi connectivity index (χ1) is 7.11. The largest absolute Gasteiger partial charge is 0.322 e. The summed E-state index contributed by atoms with van der Waals surface area (Å²) in [6, 6.07) is 0.384. The van der Waals surface area contributed by atoms with E-state index in [9.17, 15) is 4.79 Å². The molecule has 1 heterocycles. The SMILES string of the molecule is CCC(CSC)N1C(=O)CNC1C(C)C. The first kappa shape index (κ1) is 12.8. The number of hydrogen-bond acceptors (Lipinski definition) is 3. The predicted octanol–water partition coefficient (Wildman–Crippen LogP) is 1.54. The first-order valence-electron chi connectivity index (χ1n) is 5.65. The Labute approximate surface area is 97.0 Å². The number of carbonyl (C=O) groups excluding carboxylic acids is 1. The van der Waals surface area contributed by atoms with Crippen LogP contribution in [0.1, 0.15) is 27.2 Å². The molecule has 0 radical (unpaired) electrons. The molecule has 0 aliphatic carbocycles. The summed E-state index contributed by atoms with van der Waals surface area (Å²) in [5, 5.41) is 3.30. The number of nitrogens with one attached hydrogen (secondary N) is 1. The summed E-state index contributed by atoms with van der Waals surface area (Å²) < 4.78 is 0. The molecule has 0 aromatic carbocycles. The van der Waals surface area contributed by atoms with Gasteiger partial charge in [-0.2, -0.15) is 11.8 Å². The molecule has 1 aliphatic rings. The number of hydrogen-bond donors (Lipinski definition) is 1. The van der Waals surface area contributed by atoms with Crippen LogP contribution < -0.4 is 5.32 Å². The van der Waals surface area contributed by atoms with Crippen molar-refractivity contribution in [1.82, 2.24) is 10.2 Å². The Morgan fingerprint density at radius 1 is 1.60 bits per heavy atom. The van der Waals surface area contributed by atoms with Gasteiger partial charge in [-0.15, -0.1) is 0 Å². The highest BCUT2D eigenvalue weighted by atomic mass is 32.2. The van der Waals surface area contributed by atoms with Crippen LogP contribution in [-0.4, -0.2) is 41.6 Å². The van der Waals surface area contributed by atoms with E-state index in [-0.39, 0.29) is 12.1 Å². The lowest BCUT2D eigenvalue weighted by Gasteiger charge is -2.34. The molecule has 1 rings (SSSR count). The second-order valence-electron chi connectivity index (χ2n) is 4.39. The summed E-state index contributed by atoms with van der Waals surface area (Å²) >= 11 is 1.82. The summed E-state index contributed by atoms with van der Waals surface area (Å²) in [4.78, 5) is 13.9. The van der Waals surface area contributed by atoms with Crippen molar-refractivity contribution in [2.75, 3.05) is 18.6 Å². The van der Waals surface area contributed by atoms with Crippen LogP contribution in [0.5, 0.6) is 0 Å². The molecule has 1 fully saturated rings. The minimum Gasteiger partial charge on any atom is -0.322 e. The van der Waals surface area contributed by atoms with Crippen LogP contribution in [-0.2, 0) is 4.79 Å². The second kappa shape index (κ2) is 5.75. The van der Waals surface area contributed by atoms with Crippen molar-refractivity contribution in [2.45, 2.75) is 39.4 Å². The molecule has 1 saturated heterocycles. The number of rotatable bonds is 5. The summed E-state index contributed by atoms with van der Waals surface area (Å²) in [5.74, 6) is 1.77. The highest BCUT2D eigenvalue weighted by molar-refractivity contribution is 7.98. The fourth-order valence-corrected chi connectivity index (χ4v) is 2.89. The Balaban J connectivity index is 2.73. The van der Waals surface area contributed by atoms with Gasteiger partial charge < -0.3 is 4.90 Å². The van der Waals surface area contributed by atoms with Crippen molar-refractivity contribution < 1.29 is 4.79 Å².